The Balaban J connectivity index is 2.22. The van der Waals surface area contributed by atoms with Crippen LogP contribution in [0, 0.1) is 5.92 Å². The van der Waals surface area contributed by atoms with Gasteiger partial charge in [0.15, 0.2) is 0 Å². The van der Waals surface area contributed by atoms with Gasteiger partial charge in [-0.2, -0.15) is 0 Å². The Morgan fingerprint density at radius 3 is 2.74 bits per heavy atom. The quantitative estimate of drug-likeness (QED) is 0.832. The van der Waals surface area contributed by atoms with Gasteiger partial charge in [0, 0.05) is 17.6 Å². The second kappa shape index (κ2) is 6.67. The highest BCUT2D eigenvalue weighted by Gasteiger charge is 2.11. The molecule has 1 aromatic heterocycles. The number of fused-ring (bicyclic) bond motifs is 1. The zero-order chi connectivity index (χ0) is 13.7. The van der Waals surface area contributed by atoms with Gasteiger partial charge in [-0.05, 0) is 43.0 Å². The lowest BCUT2D eigenvalue weighted by molar-refractivity contribution is 0.449. The summed E-state index contributed by atoms with van der Waals surface area (Å²) in [6, 6.07) is 11.2. The van der Waals surface area contributed by atoms with E-state index >= 15 is 0 Å². The van der Waals surface area contributed by atoms with E-state index in [0.717, 1.165) is 18.0 Å². The van der Waals surface area contributed by atoms with E-state index in [0.29, 0.717) is 6.04 Å². The molecule has 1 heterocycles. The van der Waals surface area contributed by atoms with Gasteiger partial charge in [-0.25, -0.2) is 0 Å². The number of aromatic nitrogens is 1. The Kier molecular flexibility index (Phi) is 4.92. The Morgan fingerprint density at radius 2 is 2.00 bits per heavy atom. The average molecular weight is 256 g/mol. The number of nitrogens with one attached hydrogen (secondary N) is 1. The van der Waals surface area contributed by atoms with Crippen molar-refractivity contribution in [3.05, 3.63) is 42.1 Å². The molecule has 1 N–H and O–H groups in total. The second-order valence-electron chi connectivity index (χ2n) is 5.54. The van der Waals surface area contributed by atoms with E-state index in [-0.39, 0.29) is 0 Å². The maximum absolute atomic E-state index is 4.45. The molecule has 0 saturated carbocycles. The van der Waals surface area contributed by atoms with Crippen LogP contribution in [0.2, 0.25) is 0 Å². The molecule has 0 spiro atoms. The highest BCUT2D eigenvalue weighted by Crippen LogP contribution is 2.23. The summed E-state index contributed by atoms with van der Waals surface area (Å²) in [5.41, 5.74) is 2.45. The number of pyridine rings is 1. The summed E-state index contributed by atoms with van der Waals surface area (Å²) in [5.74, 6) is 0.750. The first-order chi connectivity index (χ1) is 9.20. The third kappa shape index (κ3) is 3.77. The molecule has 0 radical (unpaired) electrons. The van der Waals surface area contributed by atoms with Crippen LogP contribution in [0.3, 0.4) is 0 Å². The molecule has 0 aliphatic rings. The van der Waals surface area contributed by atoms with Gasteiger partial charge in [0.25, 0.3) is 0 Å². The Labute approximate surface area is 116 Å². The van der Waals surface area contributed by atoms with Crippen LogP contribution in [0.15, 0.2) is 36.5 Å². The lowest BCUT2D eigenvalue weighted by atomic mass is 9.96. The number of hydrogen-bond acceptors (Lipinski definition) is 2. The molecular weight excluding hydrogens is 232 g/mol. The molecule has 1 atom stereocenters. The third-order valence-electron chi connectivity index (χ3n) is 3.52. The molecule has 19 heavy (non-hydrogen) atoms. The smallest absolute Gasteiger partial charge is 0.0705 e. The third-order valence-corrected chi connectivity index (χ3v) is 3.52. The van der Waals surface area contributed by atoms with Gasteiger partial charge in [0.2, 0.25) is 0 Å². The van der Waals surface area contributed by atoms with E-state index in [1.807, 2.05) is 12.3 Å². The largest absolute Gasteiger partial charge is 0.310 e. The number of benzene rings is 1. The molecule has 0 fully saturated rings. The minimum atomic E-state index is 0.443. The minimum absolute atomic E-state index is 0.443. The summed E-state index contributed by atoms with van der Waals surface area (Å²) < 4.78 is 0. The molecule has 0 aliphatic heterocycles. The van der Waals surface area contributed by atoms with Crippen molar-refractivity contribution in [2.75, 3.05) is 6.54 Å². The molecule has 2 nitrogen and oxygen atoms in total. The number of hydrogen-bond donors (Lipinski definition) is 1. The highest BCUT2D eigenvalue weighted by atomic mass is 14.9. The van der Waals surface area contributed by atoms with Crippen molar-refractivity contribution in [1.82, 2.24) is 10.3 Å². The van der Waals surface area contributed by atoms with Crippen LogP contribution >= 0.6 is 0 Å². The molecule has 0 aliphatic carbocycles. The molecule has 0 bridgehead atoms. The summed E-state index contributed by atoms with van der Waals surface area (Å²) in [6.45, 7) is 7.74. The molecular formula is C17H24N2. The van der Waals surface area contributed by atoms with Crippen molar-refractivity contribution in [3.63, 3.8) is 0 Å². The monoisotopic (exact) mass is 256 g/mol. The molecule has 1 unspecified atom stereocenters. The van der Waals surface area contributed by atoms with Crippen LogP contribution in [-0.4, -0.2) is 11.5 Å². The summed E-state index contributed by atoms with van der Waals surface area (Å²) in [4.78, 5) is 4.45. The topological polar surface area (TPSA) is 24.9 Å². The fourth-order valence-corrected chi connectivity index (χ4v) is 2.43. The molecule has 0 saturated heterocycles. The zero-order valence-electron chi connectivity index (χ0n) is 12.2. The predicted molar refractivity (Wildman–Crippen MR) is 82.2 cm³/mol. The Hall–Kier alpha value is -1.41. The van der Waals surface area contributed by atoms with Crippen molar-refractivity contribution in [3.8, 4) is 0 Å². The first kappa shape index (κ1) is 14.0. The molecule has 2 heteroatoms. The summed E-state index contributed by atoms with van der Waals surface area (Å²) in [7, 11) is 0. The lowest BCUT2D eigenvalue weighted by Gasteiger charge is -2.19. The van der Waals surface area contributed by atoms with Gasteiger partial charge >= 0.3 is 0 Å². The van der Waals surface area contributed by atoms with E-state index in [9.17, 15) is 0 Å². The van der Waals surface area contributed by atoms with Crippen molar-refractivity contribution in [2.24, 2.45) is 5.92 Å². The minimum Gasteiger partial charge on any atom is -0.310 e. The Morgan fingerprint density at radius 1 is 1.16 bits per heavy atom. The van der Waals surface area contributed by atoms with Crippen LogP contribution < -0.4 is 5.32 Å². The van der Waals surface area contributed by atoms with Gasteiger partial charge in [-0.1, -0.05) is 39.0 Å². The number of rotatable bonds is 6. The van der Waals surface area contributed by atoms with Gasteiger partial charge in [-0.15, -0.1) is 0 Å². The van der Waals surface area contributed by atoms with Crippen molar-refractivity contribution < 1.29 is 0 Å². The summed E-state index contributed by atoms with van der Waals surface area (Å²) in [6.07, 6.45) is 4.30. The van der Waals surface area contributed by atoms with Gasteiger partial charge < -0.3 is 5.32 Å². The van der Waals surface area contributed by atoms with Gasteiger partial charge in [0.1, 0.15) is 0 Å². The van der Waals surface area contributed by atoms with E-state index in [1.165, 1.54) is 23.8 Å². The first-order valence-electron chi connectivity index (χ1n) is 7.28. The fourth-order valence-electron chi connectivity index (χ4n) is 2.43. The van der Waals surface area contributed by atoms with E-state index in [1.54, 1.807) is 0 Å². The standard InChI is InChI=1S/C17H24N2/c1-4-18-16(10-7-13(2)3)15-9-8-14-6-5-11-19-17(14)12-15/h5-6,8-9,11-13,16,18H,4,7,10H2,1-3H3. The average Bonchev–Trinajstić information content (AvgIpc) is 2.42. The van der Waals surface area contributed by atoms with E-state index in [2.05, 4.69) is 55.3 Å². The van der Waals surface area contributed by atoms with Crippen LogP contribution in [0.1, 0.15) is 45.2 Å². The van der Waals surface area contributed by atoms with Crippen LogP contribution in [0.25, 0.3) is 10.9 Å². The highest BCUT2D eigenvalue weighted by molar-refractivity contribution is 5.78. The fraction of sp³-hybridized carbons (Fsp3) is 0.471. The summed E-state index contributed by atoms with van der Waals surface area (Å²) >= 11 is 0. The summed E-state index contributed by atoms with van der Waals surface area (Å²) in [5, 5.41) is 4.80. The van der Waals surface area contributed by atoms with Crippen LogP contribution in [-0.2, 0) is 0 Å². The van der Waals surface area contributed by atoms with Crippen molar-refractivity contribution in [2.45, 2.75) is 39.7 Å². The first-order valence-corrected chi connectivity index (χ1v) is 7.28. The zero-order valence-corrected chi connectivity index (χ0v) is 12.2. The van der Waals surface area contributed by atoms with Crippen LogP contribution in [0.5, 0.6) is 0 Å². The van der Waals surface area contributed by atoms with E-state index in [4.69, 9.17) is 0 Å². The van der Waals surface area contributed by atoms with E-state index < -0.39 is 0 Å². The normalized spacial score (nSPS) is 13.1. The predicted octanol–water partition coefficient (Wildman–Crippen LogP) is 4.32. The molecule has 102 valence electrons. The molecule has 0 amide bonds. The van der Waals surface area contributed by atoms with Gasteiger partial charge in [-0.3, -0.25) is 4.98 Å². The SMILES string of the molecule is CCNC(CCC(C)C)c1ccc2cccnc2c1. The van der Waals surface area contributed by atoms with Crippen molar-refractivity contribution >= 4 is 10.9 Å². The second-order valence-corrected chi connectivity index (χ2v) is 5.54. The molecule has 2 rings (SSSR count). The maximum atomic E-state index is 4.45. The Bertz CT molecular complexity index is 519. The molecule has 1 aromatic carbocycles. The molecule has 2 aromatic rings. The lowest BCUT2D eigenvalue weighted by Crippen LogP contribution is -2.21. The van der Waals surface area contributed by atoms with Gasteiger partial charge in [0.05, 0.1) is 5.52 Å². The maximum Gasteiger partial charge on any atom is 0.0705 e. The number of nitrogens with zero attached hydrogens (tertiary/aromatic N) is 1. The van der Waals surface area contributed by atoms with Crippen molar-refractivity contribution in [1.29, 1.82) is 0 Å². The van der Waals surface area contributed by atoms with Crippen LogP contribution in [0.4, 0.5) is 0 Å².